The van der Waals surface area contributed by atoms with Gasteiger partial charge in [-0.1, -0.05) is 109 Å². The van der Waals surface area contributed by atoms with Crippen molar-refractivity contribution < 1.29 is 9.53 Å². The van der Waals surface area contributed by atoms with Gasteiger partial charge < -0.3 is 4.74 Å². The van der Waals surface area contributed by atoms with E-state index in [2.05, 4.69) is 25.7 Å². The molecule has 2 nitrogen and oxygen atoms in total. The molecule has 0 N–H and O–H groups in total. The van der Waals surface area contributed by atoms with Crippen LogP contribution in [0.4, 0.5) is 0 Å². The normalized spacial score (nSPS) is 11.1. The SMILES string of the molecule is C=CCOC(=O)CCCCCCCCCCC/C=C\CCCCCCCC. The van der Waals surface area contributed by atoms with Gasteiger partial charge in [-0.15, -0.1) is 0 Å². The lowest BCUT2D eigenvalue weighted by molar-refractivity contribution is -0.142. The highest BCUT2D eigenvalue weighted by Crippen LogP contribution is 2.12. The monoisotopic (exact) mass is 378 g/mol. The maximum atomic E-state index is 11.3. The fourth-order valence-electron chi connectivity index (χ4n) is 3.27. The molecule has 27 heavy (non-hydrogen) atoms. The van der Waals surface area contributed by atoms with Crippen LogP contribution >= 0.6 is 0 Å². The lowest BCUT2D eigenvalue weighted by atomic mass is 10.1. The maximum absolute atomic E-state index is 11.3. The Hall–Kier alpha value is -1.05. The van der Waals surface area contributed by atoms with Gasteiger partial charge in [-0.05, 0) is 32.1 Å². The fraction of sp³-hybridized carbons (Fsp3) is 0.800. The second-order valence-corrected chi connectivity index (χ2v) is 7.72. The van der Waals surface area contributed by atoms with E-state index in [4.69, 9.17) is 4.74 Å². The van der Waals surface area contributed by atoms with Gasteiger partial charge in [0.25, 0.3) is 0 Å². The summed E-state index contributed by atoms with van der Waals surface area (Å²) in [5, 5.41) is 0. The second-order valence-electron chi connectivity index (χ2n) is 7.72. The van der Waals surface area contributed by atoms with Crippen molar-refractivity contribution >= 4 is 5.97 Å². The van der Waals surface area contributed by atoms with Crippen LogP contribution in [0.5, 0.6) is 0 Å². The Morgan fingerprint density at radius 1 is 0.704 bits per heavy atom. The number of ether oxygens (including phenoxy) is 1. The van der Waals surface area contributed by atoms with Gasteiger partial charge in [-0.25, -0.2) is 0 Å². The first-order chi connectivity index (χ1) is 13.3. The van der Waals surface area contributed by atoms with Gasteiger partial charge in [0.05, 0.1) is 0 Å². The van der Waals surface area contributed by atoms with Crippen molar-refractivity contribution in [3.8, 4) is 0 Å². The third kappa shape index (κ3) is 22.9. The summed E-state index contributed by atoms with van der Waals surface area (Å²) in [7, 11) is 0. The van der Waals surface area contributed by atoms with Crippen molar-refractivity contribution in [2.75, 3.05) is 6.61 Å². The highest BCUT2D eigenvalue weighted by Gasteiger charge is 2.00. The fourth-order valence-corrected chi connectivity index (χ4v) is 3.27. The molecular formula is C25H46O2. The van der Waals surface area contributed by atoms with Crippen LogP contribution in [-0.4, -0.2) is 12.6 Å². The minimum absolute atomic E-state index is 0.0871. The Kier molecular flexibility index (Phi) is 22.1. The standard InChI is InChI=1S/C25H46O2/c1-3-5-6-7-8-9-10-11-12-13-14-15-16-17-18-19-20-21-22-23-25(26)27-24-4-2/h4,11-12H,2-3,5-10,13-24H2,1H3/b12-11-. The maximum Gasteiger partial charge on any atom is 0.306 e. The number of unbranched alkanes of at least 4 members (excludes halogenated alkanes) is 15. The number of hydrogen-bond donors (Lipinski definition) is 0. The lowest BCUT2D eigenvalue weighted by Crippen LogP contribution is -2.03. The lowest BCUT2D eigenvalue weighted by Gasteiger charge is -2.03. The molecule has 0 unspecified atom stereocenters. The Balaban J connectivity index is 3.13. The van der Waals surface area contributed by atoms with Crippen molar-refractivity contribution in [3.05, 3.63) is 24.8 Å². The highest BCUT2D eigenvalue weighted by molar-refractivity contribution is 5.69. The zero-order chi connectivity index (χ0) is 19.8. The minimum atomic E-state index is -0.0871. The van der Waals surface area contributed by atoms with Crippen molar-refractivity contribution in [2.24, 2.45) is 0 Å². The Bertz CT molecular complexity index is 346. The highest BCUT2D eigenvalue weighted by atomic mass is 16.5. The van der Waals surface area contributed by atoms with Gasteiger partial charge in [0.1, 0.15) is 6.61 Å². The molecule has 0 bridgehead atoms. The van der Waals surface area contributed by atoms with Crippen LogP contribution in [0.25, 0.3) is 0 Å². The predicted octanol–water partition coefficient (Wildman–Crippen LogP) is 8.31. The van der Waals surface area contributed by atoms with Gasteiger partial charge in [-0.2, -0.15) is 0 Å². The van der Waals surface area contributed by atoms with Crippen LogP contribution in [0, 0.1) is 0 Å². The van der Waals surface area contributed by atoms with Crippen LogP contribution in [0.3, 0.4) is 0 Å². The molecule has 0 aromatic rings. The van der Waals surface area contributed by atoms with Gasteiger partial charge in [-0.3, -0.25) is 4.79 Å². The van der Waals surface area contributed by atoms with Crippen LogP contribution in [0.15, 0.2) is 24.8 Å². The van der Waals surface area contributed by atoms with E-state index in [1.807, 2.05) is 0 Å². The first-order valence-corrected chi connectivity index (χ1v) is 11.7. The summed E-state index contributed by atoms with van der Waals surface area (Å²) in [6, 6.07) is 0. The van der Waals surface area contributed by atoms with E-state index in [0.717, 1.165) is 12.8 Å². The topological polar surface area (TPSA) is 26.3 Å². The Labute approximate surface area is 169 Å². The van der Waals surface area contributed by atoms with Crippen LogP contribution in [0.1, 0.15) is 122 Å². The number of hydrogen-bond acceptors (Lipinski definition) is 2. The molecule has 0 aliphatic heterocycles. The smallest absolute Gasteiger partial charge is 0.306 e. The number of carbonyl (C=O) groups excluding carboxylic acids is 1. The molecule has 0 radical (unpaired) electrons. The molecular weight excluding hydrogens is 332 g/mol. The quantitative estimate of drug-likeness (QED) is 0.114. The van der Waals surface area contributed by atoms with E-state index in [1.165, 1.54) is 96.3 Å². The van der Waals surface area contributed by atoms with Crippen LogP contribution in [-0.2, 0) is 9.53 Å². The van der Waals surface area contributed by atoms with E-state index in [1.54, 1.807) is 6.08 Å². The summed E-state index contributed by atoms with van der Waals surface area (Å²) >= 11 is 0. The molecule has 0 fully saturated rings. The molecule has 0 saturated carbocycles. The van der Waals surface area contributed by atoms with Crippen LogP contribution in [0.2, 0.25) is 0 Å². The first kappa shape index (κ1) is 26.0. The largest absolute Gasteiger partial charge is 0.461 e. The molecule has 0 heterocycles. The predicted molar refractivity (Wildman–Crippen MR) is 119 cm³/mol. The zero-order valence-corrected chi connectivity index (χ0v) is 18.2. The average Bonchev–Trinajstić information content (AvgIpc) is 2.68. The summed E-state index contributed by atoms with van der Waals surface area (Å²) in [5.74, 6) is -0.0871. The molecule has 158 valence electrons. The number of rotatable bonds is 21. The second kappa shape index (κ2) is 23.0. The summed E-state index contributed by atoms with van der Waals surface area (Å²) in [5.41, 5.74) is 0. The number of allylic oxidation sites excluding steroid dienone is 2. The average molecular weight is 379 g/mol. The molecule has 0 spiro atoms. The molecule has 0 aliphatic carbocycles. The zero-order valence-electron chi connectivity index (χ0n) is 18.2. The van der Waals surface area contributed by atoms with Gasteiger partial charge in [0, 0.05) is 6.42 Å². The molecule has 2 heteroatoms. The van der Waals surface area contributed by atoms with E-state index >= 15 is 0 Å². The molecule has 0 amide bonds. The van der Waals surface area contributed by atoms with Crippen LogP contribution < -0.4 is 0 Å². The summed E-state index contributed by atoms with van der Waals surface area (Å²) in [4.78, 5) is 11.3. The number of carbonyl (C=O) groups is 1. The number of esters is 1. The molecule has 0 rings (SSSR count). The summed E-state index contributed by atoms with van der Waals surface area (Å²) in [6.45, 7) is 6.16. The first-order valence-electron chi connectivity index (χ1n) is 11.7. The van der Waals surface area contributed by atoms with Crippen molar-refractivity contribution in [1.82, 2.24) is 0 Å². The van der Waals surface area contributed by atoms with E-state index in [-0.39, 0.29) is 5.97 Å². The molecule has 0 aromatic carbocycles. The van der Waals surface area contributed by atoms with Crippen molar-refractivity contribution in [1.29, 1.82) is 0 Å². The molecule has 0 aliphatic rings. The van der Waals surface area contributed by atoms with Gasteiger partial charge in [0.15, 0.2) is 0 Å². The summed E-state index contributed by atoms with van der Waals surface area (Å²) in [6.07, 6.45) is 29.3. The van der Waals surface area contributed by atoms with Gasteiger partial charge in [0.2, 0.25) is 0 Å². The van der Waals surface area contributed by atoms with Gasteiger partial charge >= 0.3 is 5.97 Å². The third-order valence-corrected chi connectivity index (χ3v) is 5.00. The van der Waals surface area contributed by atoms with Crippen molar-refractivity contribution in [2.45, 2.75) is 122 Å². The third-order valence-electron chi connectivity index (χ3n) is 5.00. The van der Waals surface area contributed by atoms with Crippen molar-refractivity contribution in [3.63, 3.8) is 0 Å². The Morgan fingerprint density at radius 2 is 1.15 bits per heavy atom. The Morgan fingerprint density at radius 3 is 1.63 bits per heavy atom. The van der Waals surface area contributed by atoms with E-state index < -0.39 is 0 Å². The van der Waals surface area contributed by atoms with E-state index in [9.17, 15) is 4.79 Å². The minimum Gasteiger partial charge on any atom is -0.461 e. The molecule has 0 atom stereocenters. The molecule has 0 aromatic heterocycles. The van der Waals surface area contributed by atoms with E-state index in [0.29, 0.717) is 13.0 Å². The summed E-state index contributed by atoms with van der Waals surface area (Å²) < 4.78 is 4.97. The molecule has 0 saturated heterocycles.